The van der Waals surface area contributed by atoms with Gasteiger partial charge in [0.1, 0.15) is 5.69 Å². The molecule has 1 aromatic heterocycles. The molecule has 0 radical (unpaired) electrons. The maximum atomic E-state index is 13.6. The van der Waals surface area contributed by atoms with Gasteiger partial charge in [-0.05, 0) is 34.7 Å². The second-order valence-electron chi connectivity index (χ2n) is 11.1. The van der Waals surface area contributed by atoms with E-state index in [0.717, 1.165) is 28.3 Å². The van der Waals surface area contributed by atoms with E-state index in [1.165, 1.54) is 7.11 Å². The molecule has 0 aliphatic carbocycles. The van der Waals surface area contributed by atoms with Crippen LogP contribution in [0.25, 0.3) is 10.9 Å². The molecule has 1 fully saturated rings. The van der Waals surface area contributed by atoms with E-state index >= 15 is 0 Å². The van der Waals surface area contributed by atoms with E-state index in [4.69, 9.17) is 4.74 Å². The molecule has 0 bridgehead atoms. The summed E-state index contributed by atoms with van der Waals surface area (Å²) in [4.78, 5) is 15.7. The maximum Gasteiger partial charge on any atom is 0.272 e. The van der Waals surface area contributed by atoms with Crippen LogP contribution in [-0.4, -0.2) is 70.2 Å². The lowest BCUT2D eigenvalue weighted by atomic mass is 9.86. The number of benzene rings is 2. The van der Waals surface area contributed by atoms with E-state index in [-0.39, 0.29) is 34.3 Å². The molecule has 0 unspecified atom stereocenters. The molecule has 10 nitrogen and oxygen atoms in total. The quantitative estimate of drug-likeness (QED) is 0.442. The molecular formula is C27H36N4O6S2. The van der Waals surface area contributed by atoms with Gasteiger partial charge in [-0.25, -0.2) is 16.8 Å². The van der Waals surface area contributed by atoms with Crippen molar-refractivity contribution in [3.05, 3.63) is 53.2 Å². The standard InChI is InChI=1S/C27H36N4O6S2/c1-27(2,3)20-15-21(25(37-5)22(16-20)29-38(6,33)34)28-26(32)23-14-18-8-7-9-19(24(18)30(23)4)17-31-10-12-39(35,36)13-11-31/h7-9,14-16,29H,10-13,17H2,1-6H3,(H,28,32). The molecule has 212 valence electrons. The molecule has 2 heterocycles. The third-order valence-corrected chi connectivity index (χ3v) is 9.11. The summed E-state index contributed by atoms with van der Waals surface area (Å²) in [5.74, 6) is 0.129. The summed E-state index contributed by atoms with van der Waals surface area (Å²) >= 11 is 0. The van der Waals surface area contributed by atoms with Crippen LogP contribution in [0.15, 0.2) is 36.4 Å². The first-order valence-corrected chi connectivity index (χ1v) is 16.3. The summed E-state index contributed by atoms with van der Waals surface area (Å²) in [6, 6.07) is 11.2. The highest BCUT2D eigenvalue weighted by atomic mass is 32.2. The smallest absolute Gasteiger partial charge is 0.272 e. The molecule has 1 amide bonds. The Morgan fingerprint density at radius 1 is 1.08 bits per heavy atom. The van der Waals surface area contributed by atoms with Crippen LogP contribution in [0.4, 0.5) is 11.4 Å². The average molecular weight is 577 g/mol. The van der Waals surface area contributed by atoms with Crippen LogP contribution in [0.5, 0.6) is 5.75 Å². The van der Waals surface area contributed by atoms with Gasteiger partial charge in [0, 0.05) is 32.1 Å². The number of amides is 1. The van der Waals surface area contributed by atoms with Crippen LogP contribution in [0.2, 0.25) is 0 Å². The number of aromatic nitrogens is 1. The van der Waals surface area contributed by atoms with Crippen molar-refractivity contribution in [3.63, 3.8) is 0 Å². The number of ether oxygens (including phenoxy) is 1. The zero-order valence-electron chi connectivity index (χ0n) is 23.2. The minimum atomic E-state index is -3.60. The molecule has 2 aromatic carbocycles. The van der Waals surface area contributed by atoms with Gasteiger partial charge in [-0.2, -0.15) is 0 Å². The Balaban J connectivity index is 1.70. The number of nitrogens with zero attached hydrogens (tertiary/aromatic N) is 2. The summed E-state index contributed by atoms with van der Waals surface area (Å²) < 4.78 is 57.6. The van der Waals surface area contributed by atoms with Crippen molar-refractivity contribution in [1.82, 2.24) is 9.47 Å². The van der Waals surface area contributed by atoms with E-state index in [9.17, 15) is 21.6 Å². The number of carbonyl (C=O) groups excluding carboxylic acids is 1. The Hall–Kier alpha value is -3.09. The lowest BCUT2D eigenvalue weighted by Crippen LogP contribution is -2.39. The lowest BCUT2D eigenvalue weighted by molar-refractivity contribution is 0.101. The average Bonchev–Trinajstić information content (AvgIpc) is 3.16. The number of carbonyl (C=O) groups is 1. The fourth-order valence-electron chi connectivity index (χ4n) is 4.83. The molecule has 39 heavy (non-hydrogen) atoms. The summed E-state index contributed by atoms with van der Waals surface area (Å²) in [6.45, 7) is 7.51. The van der Waals surface area contributed by atoms with Crippen LogP contribution < -0.4 is 14.8 Å². The number of sulfonamides is 1. The van der Waals surface area contributed by atoms with Crippen LogP contribution in [0.1, 0.15) is 42.4 Å². The number of nitrogens with one attached hydrogen (secondary N) is 2. The molecular weight excluding hydrogens is 540 g/mol. The van der Waals surface area contributed by atoms with Gasteiger partial charge < -0.3 is 14.6 Å². The van der Waals surface area contributed by atoms with Crippen LogP contribution in [0, 0.1) is 0 Å². The van der Waals surface area contributed by atoms with Crippen molar-refractivity contribution < 1.29 is 26.4 Å². The number of para-hydroxylation sites is 1. The Morgan fingerprint density at radius 3 is 2.31 bits per heavy atom. The zero-order valence-corrected chi connectivity index (χ0v) is 24.8. The molecule has 1 aliphatic rings. The second kappa shape index (κ2) is 10.5. The predicted molar refractivity (Wildman–Crippen MR) is 155 cm³/mol. The van der Waals surface area contributed by atoms with Crippen molar-refractivity contribution in [2.24, 2.45) is 7.05 Å². The van der Waals surface area contributed by atoms with Crippen LogP contribution in [-0.2, 0) is 38.9 Å². The number of aryl methyl sites for hydroxylation is 1. The van der Waals surface area contributed by atoms with Gasteiger partial charge in [-0.15, -0.1) is 0 Å². The lowest BCUT2D eigenvalue weighted by Gasteiger charge is -2.26. The zero-order chi connectivity index (χ0) is 28.8. The molecule has 0 saturated carbocycles. The third-order valence-electron chi connectivity index (χ3n) is 6.91. The van der Waals surface area contributed by atoms with Crippen molar-refractivity contribution in [3.8, 4) is 5.75 Å². The highest BCUT2D eigenvalue weighted by molar-refractivity contribution is 7.92. The number of fused-ring (bicyclic) bond motifs is 1. The van der Waals surface area contributed by atoms with Crippen LogP contribution >= 0.6 is 0 Å². The molecule has 4 rings (SSSR count). The topological polar surface area (TPSA) is 127 Å². The van der Waals surface area contributed by atoms with Crippen molar-refractivity contribution >= 4 is 48.0 Å². The number of rotatable bonds is 7. The van der Waals surface area contributed by atoms with E-state index in [2.05, 4.69) is 14.9 Å². The minimum Gasteiger partial charge on any atom is -0.492 e. The summed E-state index contributed by atoms with van der Waals surface area (Å²) in [5.41, 5.74) is 3.38. The van der Waals surface area contributed by atoms with E-state index in [1.807, 2.05) is 56.7 Å². The van der Waals surface area contributed by atoms with Gasteiger partial charge in [0.05, 0.1) is 41.8 Å². The number of hydrogen-bond acceptors (Lipinski definition) is 7. The molecule has 0 spiro atoms. The molecule has 12 heteroatoms. The minimum absolute atomic E-state index is 0.148. The molecule has 1 aliphatic heterocycles. The fourth-order valence-corrected chi connectivity index (χ4v) is 6.66. The number of methoxy groups -OCH3 is 1. The number of hydrogen-bond donors (Lipinski definition) is 2. The molecule has 1 saturated heterocycles. The maximum absolute atomic E-state index is 13.6. The summed E-state index contributed by atoms with van der Waals surface area (Å²) in [5, 5.41) is 3.82. The van der Waals surface area contributed by atoms with Crippen molar-refractivity contribution in [2.45, 2.75) is 32.7 Å². The van der Waals surface area contributed by atoms with Gasteiger partial charge in [-0.1, -0.05) is 39.0 Å². The third kappa shape index (κ3) is 6.56. The first-order chi connectivity index (χ1) is 18.1. The monoisotopic (exact) mass is 576 g/mol. The highest BCUT2D eigenvalue weighted by Gasteiger charge is 2.25. The van der Waals surface area contributed by atoms with Crippen LogP contribution in [0.3, 0.4) is 0 Å². The summed E-state index contributed by atoms with van der Waals surface area (Å²) in [6.07, 6.45) is 1.06. The van der Waals surface area contributed by atoms with Gasteiger partial charge in [0.15, 0.2) is 15.6 Å². The van der Waals surface area contributed by atoms with Gasteiger partial charge in [0.2, 0.25) is 10.0 Å². The van der Waals surface area contributed by atoms with E-state index in [0.29, 0.717) is 31.0 Å². The predicted octanol–water partition coefficient (Wildman–Crippen LogP) is 3.34. The highest BCUT2D eigenvalue weighted by Crippen LogP contribution is 2.39. The second-order valence-corrected chi connectivity index (χ2v) is 15.1. The number of sulfone groups is 1. The molecule has 2 N–H and O–H groups in total. The largest absolute Gasteiger partial charge is 0.492 e. The van der Waals surface area contributed by atoms with Crippen molar-refractivity contribution in [2.75, 3.05) is 48.0 Å². The molecule has 3 aromatic rings. The molecule has 0 atom stereocenters. The SMILES string of the molecule is COc1c(NC(=O)c2cc3cccc(CN4CCS(=O)(=O)CC4)c3n2C)cc(C(C)(C)C)cc1NS(C)(=O)=O. The van der Waals surface area contributed by atoms with Gasteiger partial charge in [0.25, 0.3) is 5.91 Å². The Morgan fingerprint density at radius 2 is 1.72 bits per heavy atom. The van der Waals surface area contributed by atoms with E-state index < -0.39 is 19.9 Å². The first kappa shape index (κ1) is 28.9. The Kier molecular flexibility index (Phi) is 7.76. The van der Waals surface area contributed by atoms with Gasteiger partial charge in [-0.3, -0.25) is 14.4 Å². The first-order valence-electron chi connectivity index (χ1n) is 12.6. The summed E-state index contributed by atoms with van der Waals surface area (Å²) in [7, 11) is -3.34. The Labute approximate surface area is 230 Å². The van der Waals surface area contributed by atoms with E-state index in [1.54, 1.807) is 12.1 Å². The number of anilines is 2. The fraction of sp³-hybridized carbons (Fsp3) is 0.444. The van der Waals surface area contributed by atoms with Gasteiger partial charge >= 0.3 is 0 Å². The Bertz CT molecular complexity index is 1620. The normalized spacial score (nSPS) is 16.3. The van der Waals surface area contributed by atoms with Crippen molar-refractivity contribution in [1.29, 1.82) is 0 Å².